The number of carbonyl (C=O) groups excluding carboxylic acids is 1. The molecule has 1 N–H and O–H groups in total. The van der Waals surface area contributed by atoms with Crippen LogP contribution < -0.4 is 10.1 Å². The monoisotopic (exact) mass is 413 g/mol. The van der Waals surface area contributed by atoms with E-state index in [4.69, 9.17) is 9.47 Å². The summed E-state index contributed by atoms with van der Waals surface area (Å²) in [7, 11) is 0. The molecule has 0 aliphatic heterocycles. The molecule has 0 saturated carbocycles. The largest absolute Gasteiger partial charge is 0.464 e. The third kappa shape index (κ3) is 5.42. The number of halogens is 3. The average Bonchev–Trinajstić information content (AvgIpc) is 2.66. The summed E-state index contributed by atoms with van der Waals surface area (Å²) in [5, 5.41) is 2.29. The molecule has 28 heavy (non-hydrogen) atoms. The Bertz CT molecular complexity index is 754. The Kier molecular flexibility index (Phi) is 7.77. The predicted molar refractivity (Wildman–Crippen MR) is 103 cm³/mol. The molecule has 0 heterocycles. The summed E-state index contributed by atoms with van der Waals surface area (Å²) in [6, 6.07) is 15.8. The molecule has 1 atom stereocenters. The van der Waals surface area contributed by atoms with Crippen LogP contribution in [0.2, 0.25) is 0 Å². The van der Waals surface area contributed by atoms with Gasteiger partial charge in [-0.25, -0.2) is 4.79 Å². The van der Waals surface area contributed by atoms with E-state index in [0.29, 0.717) is 16.4 Å². The lowest BCUT2D eigenvalue weighted by molar-refractivity contribution is -0.207. The van der Waals surface area contributed by atoms with Crippen molar-refractivity contribution in [2.75, 3.05) is 18.9 Å². The molecule has 0 amide bonds. The fourth-order valence-electron chi connectivity index (χ4n) is 2.46. The molecule has 1 unspecified atom stereocenters. The summed E-state index contributed by atoms with van der Waals surface area (Å²) in [4.78, 5) is 12.7. The van der Waals surface area contributed by atoms with E-state index in [-0.39, 0.29) is 13.2 Å². The van der Waals surface area contributed by atoms with Crippen molar-refractivity contribution in [2.24, 2.45) is 0 Å². The van der Waals surface area contributed by atoms with Gasteiger partial charge < -0.3 is 9.47 Å². The van der Waals surface area contributed by atoms with Crippen LogP contribution in [0.5, 0.6) is 11.5 Å². The number of hydrogen-bond acceptors (Lipinski definition) is 5. The molecule has 2 rings (SSSR count). The van der Waals surface area contributed by atoms with Crippen LogP contribution in [0, 0.1) is 0 Å². The van der Waals surface area contributed by atoms with Gasteiger partial charge in [-0.3, -0.25) is 5.32 Å². The molecule has 0 aliphatic carbocycles. The van der Waals surface area contributed by atoms with Gasteiger partial charge in [-0.2, -0.15) is 13.2 Å². The first-order valence-electron chi connectivity index (χ1n) is 8.77. The number of nitrogens with one attached hydrogen (secondary N) is 1. The normalized spacial score (nSPS) is 13.6. The van der Waals surface area contributed by atoms with Crippen molar-refractivity contribution in [1.29, 1.82) is 0 Å². The highest BCUT2D eigenvalue weighted by atomic mass is 32.2. The maximum atomic E-state index is 13.7. The van der Waals surface area contributed by atoms with Gasteiger partial charge in [-0.15, -0.1) is 11.8 Å². The number of rotatable bonds is 9. The van der Waals surface area contributed by atoms with Crippen LogP contribution in [0.25, 0.3) is 0 Å². The Labute approximate surface area is 166 Å². The number of para-hydroxylation sites is 1. The molecule has 0 bridgehead atoms. The highest BCUT2D eigenvalue weighted by molar-refractivity contribution is 7.99. The lowest BCUT2D eigenvalue weighted by atomic mass is 10.0. The summed E-state index contributed by atoms with van der Waals surface area (Å²) < 4.78 is 51.6. The van der Waals surface area contributed by atoms with Crippen molar-refractivity contribution in [3.8, 4) is 11.5 Å². The van der Waals surface area contributed by atoms with E-state index in [0.717, 1.165) is 11.8 Å². The molecule has 4 nitrogen and oxygen atoms in total. The van der Waals surface area contributed by atoms with Crippen molar-refractivity contribution in [1.82, 2.24) is 5.32 Å². The number of thioether (sulfide) groups is 1. The molecule has 2 aromatic carbocycles. The number of ether oxygens (including phenoxy) is 2. The van der Waals surface area contributed by atoms with Crippen LogP contribution in [-0.2, 0) is 9.53 Å². The van der Waals surface area contributed by atoms with Crippen LogP contribution >= 0.6 is 11.8 Å². The van der Waals surface area contributed by atoms with Gasteiger partial charge in [0.25, 0.3) is 0 Å². The molecule has 0 aromatic heterocycles. The van der Waals surface area contributed by atoms with E-state index in [1.54, 1.807) is 36.4 Å². The van der Waals surface area contributed by atoms with Crippen LogP contribution in [0.15, 0.2) is 59.5 Å². The Morgan fingerprint density at radius 1 is 1.00 bits per heavy atom. The number of esters is 1. The molecule has 0 aliphatic rings. The first-order chi connectivity index (χ1) is 13.3. The third-order valence-corrected chi connectivity index (χ3v) is 5.03. The second-order valence-corrected chi connectivity index (χ2v) is 6.88. The quantitative estimate of drug-likeness (QED) is 0.461. The average molecular weight is 413 g/mol. The number of hydrogen-bond donors (Lipinski definition) is 1. The van der Waals surface area contributed by atoms with Crippen molar-refractivity contribution in [3.05, 3.63) is 54.6 Å². The van der Waals surface area contributed by atoms with Gasteiger partial charge >= 0.3 is 12.1 Å². The molecular formula is C20H22F3NO3S. The van der Waals surface area contributed by atoms with E-state index in [1.165, 1.54) is 13.8 Å². The summed E-state index contributed by atoms with van der Waals surface area (Å²) >= 11 is 0.924. The maximum Gasteiger partial charge on any atom is 0.418 e. The zero-order valence-corrected chi connectivity index (χ0v) is 16.4. The SMILES string of the molecule is CCNC(CSc1ccc(Oc2ccccc2)cc1)(C(=O)OCC)C(F)(F)F. The number of likely N-dealkylation sites (N-methyl/N-ethyl adjacent to an activating group) is 1. The van der Waals surface area contributed by atoms with Crippen molar-refractivity contribution in [3.63, 3.8) is 0 Å². The van der Waals surface area contributed by atoms with E-state index >= 15 is 0 Å². The molecule has 0 fully saturated rings. The molecule has 8 heteroatoms. The highest BCUT2D eigenvalue weighted by Crippen LogP contribution is 2.37. The maximum absolute atomic E-state index is 13.7. The Morgan fingerprint density at radius 2 is 1.61 bits per heavy atom. The molecule has 0 spiro atoms. The fourth-order valence-corrected chi connectivity index (χ4v) is 3.55. The van der Waals surface area contributed by atoms with E-state index < -0.39 is 23.4 Å². The molecule has 0 saturated heterocycles. The first-order valence-corrected chi connectivity index (χ1v) is 9.75. The van der Waals surface area contributed by atoms with E-state index in [2.05, 4.69) is 5.32 Å². The highest BCUT2D eigenvalue weighted by Gasteiger charge is 2.61. The fraction of sp³-hybridized carbons (Fsp3) is 0.350. The Balaban J connectivity index is 2.12. The van der Waals surface area contributed by atoms with Gasteiger partial charge in [-0.1, -0.05) is 25.1 Å². The standard InChI is InChI=1S/C20H22F3NO3S/c1-3-24-19(20(21,22)23,18(25)26-4-2)14-28-17-12-10-16(11-13-17)27-15-8-6-5-7-9-15/h5-13,24H,3-4,14H2,1-2H3. The van der Waals surface area contributed by atoms with Crippen LogP contribution in [0.4, 0.5) is 13.2 Å². The van der Waals surface area contributed by atoms with Gasteiger partial charge in [0.2, 0.25) is 5.54 Å². The Morgan fingerprint density at radius 3 is 2.14 bits per heavy atom. The lowest BCUT2D eigenvalue weighted by Gasteiger charge is -2.33. The minimum absolute atomic E-state index is 0.0251. The summed E-state index contributed by atoms with van der Waals surface area (Å²) in [6.07, 6.45) is -4.79. The number of benzene rings is 2. The van der Waals surface area contributed by atoms with Crippen molar-refractivity contribution < 1.29 is 27.4 Å². The minimum atomic E-state index is -4.79. The first kappa shape index (κ1) is 22.1. The van der Waals surface area contributed by atoms with Gasteiger partial charge in [-0.05, 0) is 49.9 Å². The number of carbonyl (C=O) groups is 1. The van der Waals surface area contributed by atoms with Crippen molar-refractivity contribution >= 4 is 17.7 Å². The smallest absolute Gasteiger partial charge is 0.418 e. The topological polar surface area (TPSA) is 47.6 Å². The van der Waals surface area contributed by atoms with Crippen LogP contribution in [-0.4, -0.2) is 36.6 Å². The zero-order valence-electron chi connectivity index (χ0n) is 15.6. The number of alkyl halides is 3. The zero-order chi connectivity index (χ0) is 20.6. The van der Waals surface area contributed by atoms with Gasteiger partial charge in [0.1, 0.15) is 11.5 Å². The van der Waals surface area contributed by atoms with Crippen LogP contribution in [0.1, 0.15) is 13.8 Å². The van der Waals surface area contributed by atoms with Gasteiger partial charge in [0.05, 0.1) is 6.61 Å². The van der Waals surface area contributed by atoms with E-state index in [9.17, 15) is 18.0 Å². The van der Waals surface area contributed by atoms with Gasteiger partial charge in [0.15, 0.2) is 0 Å². The van der Waals surface area contributed by atoms with Crippen molar-refractivity contribution in [2.45, 2.75) is 30.5 Å². The van der Waals surface area contributed by atoms with Gasteiger partial charge in [0, 0.05) is 10.6 Å². The second-order valence-electron chi connectivity index (χ2n) is 5.83. The molecular weight excluding hydrogens is 391 g/mol. The lowest BCUT2D eigenvalue weighted by Crippen LogP contribution is -2.64. The molecule has 0 radical (unpaired) electrons. The third-order valence-electron chi connectivity index (χ3n) is 3.84. The predicted octanol–water partition coefficient (Wildman–Crippen LogP) is 5.04. The van der Waals surface area contributed by atoms with Crippen LogP contribution in [0.3, 0.4) is 0 Å². The minimum Gasteiger partial charge on any atom is -0.464 e. The summed E-state index contributed by atoms with van der Waals surface area (Å²) in [6.45, 7) is 2.84. The second kappa shape index (κ2) is 9.84. The molecule has 152 valence electrons. The molecule has 2 aromatic rings. The van der Waals surface area contributed by atoms with E-state index in [1.807, 2.05) is 18.2 Å². The summed E-state index contributed by atoms with van der Waals surface area (Å²) in [5.74, 6) is -0.633. The summed E-state index contributed by atoms with van der Waals surface area (Å²) in [5.41, 5.74) is -2.76. The Hall–Kier alpha value is -2.19.